The van der Waals surface area contributed by atoms with Gasteiger partial charge >= 0.3 is 0 Å². The first-order chi connectivity index (χ1) is 8.36. The van der Waals surface area contributed by atoms with Crippen LogP contribution in [0.3, 0.4) is 0 Å². The lowest BCUT2D eigenvalue weighted by Gasteiger charge is -2.14. The Balaban J connectivity index is 2.10. The Bertz CT molecular complexity index is 565. The summed E-state index contributed by atoms with van der Waals surface area (Å²) in [7, 11) is 0. The van der Waals surface area contributed by atoms with Crippen molar-refractivity contribution < 1.29 is 4.79 Å². The Morgan fingerprint density at radius 2 is 2.11 bits per heavy atom. The summed E-state index contributed by atoms with van der Waals surface area (Å²) in [5.74, 6) is 0.226. The predicted molar refractivity (Wildman–Crippen MR) is 71.0 cm³/mol. The molecule has 0 saturated carbocycles. The highest BCUT2D eigenvalue weighted by Crippen LogP contribution is 2.22. The van der Waals surface area contributed by atoms with Crippen molar-refractivity contribution in [2.45, 2.75) is 26.2 Å². The van der Waals surface area contributed by atoms with E-state index in [4.69, 9.17) is 11.6 Å². The van der Waals surface area contributed by atoms with Crippen LogP contribution in [0.5, 0.6) is 0 Å². The monoisotopic (exact) mass is 266 g/mol. The summed E-state index contributed by atoms with van der Waals surface area (Å²) in [6, 6.07) is 3.39. The SMILES string of the molecule is CC(C)(C)c1cc(NC(=O)c2cc(Cl)c[nH]2)n[nH]1. The van der Waals surface area contributed by atoms with Gasteiger partial charge in [-0.2, -0.15) is 5.10 Å². The third kappa shape index (κ3) is 2.73. The van der Waals surface area contributed by atoms with Gasteiger partial charge in [0.25, 0.3) is 5.91 Å². The Hall–Kier alpha value is -1.75. The first-order valence-corrected chi connectivity index (χ1v) is 5.95. The van der Waals surface area contributed by atoms with E-state index in [-0.39, 0.29) is 11.3 Å². The molecule has 1 amide bonds. The van der Waals surface area contributed by atoms with Gasteiger partial charge in [-0.25, -0.2) is 0 Å². The van der Waals surface area contributed by atoms with E-state index >= 15 is 0 Å². The lowest BCUT2D eigenvalue weighted by molar-refractivity contribution is 0.102. The van der Waals surface area contributed by atoms with E-state index in [2.05, 4.69) is 41.3 Å². The molecule has 0 aliphatic rings. The van der Waals surface area contributed by atoms with Crippen LogP contribution in [-0.2, 0) is 5.41 Å². The van der Waals surface area contributed by atoms with Crippen molar-refractivity contribution in [3.8, 4) is 0 Å². The number of carbonyl (C=O) groups excluding carboxylic acids is 1. The van der Waals surface area contributed by atoms with Gasteiger partial charge in [0, 0.05) is 23.4 Å². The van der Waals surface area contributed by atoms with Crippen LogP contribution in [0.2, 0.25) is 5.02 Å². The summed E-state index contributed by atoms with van der Waals surface area (Å²) in [5.41, 5.74) is 1.33. The molecule has 0 fully saturated rings. The minimum absolute atomic E-state index is 0.0360. The topological polar surface area (TPSA) is 73.6 Å². The molecule has 2 rings (SSSR count). The molecule has 0 saturated heterocycles. The molecule has 2 aromatic rings. The van der Waals surface area contributed by atoms with Gasteiger partial charge in [-0.3, -0.25) is 9.89 Å². The van der Waals surface area contributed by atoms with Gasteiger partial charge in [0.15, 0.2) is 5.82 Å². The average Bonchev–Trinajstić information content (AvgIpc) is 2.85. The first kappa shape index (κ1) is 12.7. The zero-order chi connectivity index (χ0) is 13.3. The van der Waals surface area contributed by atoms with Gasteiger partial charge < -0.3 is 10.3 Å². The van der Waals surface area contributed by atoms with E-state index in [9.17, 15) is 4.79 Å². The molecule has 3 N–H and O–H groups in total. The summed E-state index contributed by atoms with van der Waals surface area (Å²) >= 11 is 5.74. The number of rotatable bonds is 2. The van der Waals surface area contributed by atoms with Gasteiger partial charge in [0.2, 0.25) is 0 Å². The minimum Gasteiger partial charge on any atom is -0.356 e. The van der Waals surface area contributed by atoms with Crippen molar-refractivity contribution in [3.05, 3.63) is 34.7 Å². The number of amides is 1. The maximum Gasteiger partial charge on any atom is 0.273 e. The van der Waals surface area contributed by atoms with Crippen molar-refractivity contribution in [1.82, 2.24) is 15.2 Å². The standard InChI is InChI=1S/C12H15ClN4O/c1-12(2,3)9-5-10(17-16-9)15-11(18)8-4-7(13)6-14-8/h4-6,14H,1-3H3,(H2,15,16,17,18). The van der Waals surface area contributed by atoms with E-state index < -0.39 is 0 Å². The van der Waals surface area contributed by atoms with Crippen molar-refractivity contribution >= 4 is 23.3 Å². The average molecular weight is 267 g/mol. The van der Waals surface area contributed by atoms with Crippen LogP contribution < -0.4 is 5.32 Å². The molecule has 0 unspecified atom stereocenters. The highest BCUT2D eigenvalue weighted by Gasteiger charge is 2.18. The molecule has 2 heterocycles. The molecular weight excluding hydrogens is 252 g/mol. The molecule has 0 aromatic carbocycles. The summed E-state index contributed by atoms with van der Waals surface area (Å²) in [6.45, 7) is 6.20. The van der Waals surface area contributed by atoms with E-state index in [0.29, 0.717) is 16.5 Å². The van der Waals surface area contributed by atoms with Gasteiger partial charge in [-0.15, -0.1) is 0 Å². The zero-order valence-corrected chi connectivity index (χ0v) is 11.2. The molecular formula is C12H15ClN4O. The predicted octanol–water partition coefficient (Wildman–Crippen LogP) is 2.94. The molecule has 0 radical (unpaired) electrons. The molecule has 96 valence electrons. The van der Waals surface area contributed by atoms with Crippen LogP contribution in [0.4, 0.5) is 5.82 Å². The fourth-order valence-corrected chi connectivity index (χ4v) is 1.62. The maximum atomic E-state index is 11.8. The molecule has 2 aromatic heterocycles. The molecule has 0 spiro atoms. The van der Waals surface area contributed by atoms with Crippen molar-refractivity contribution in [3.63, 3.8) is 0 Å². The van der Waals surface area contributed by atoms with Gasteiger partial charge in [-0.1, -0.05) is 32.4 Å². The number of hydrogen-bond donors (Lipinski definition) is 3. The lowest BCUT2D eigenvalue weighted by atomic mass is 9.92. The number of halogens is 1. The van der Waals surface area contributed by atoms with E-state index in [0.717, 1.165) is 5.69 Å². The minimum atomic E-state index is -0.270. The quantitative estimate of drug-likeness (QED) is 0.782. The number of nitrogens with one attached hydrogen (secondary N) is 3. The normalized spacial score (nSPS) is 11.6. The number of nitrogens with zero attached hydrogens (tertiary/aromatic N) is 1. The van der Waals surface area contributed by atoms with Crippen molar-refractivity contribution in [2.75, 3.05) is 5.32 Å². The summed E-state index contributed by atoms with van der Waals surface area (Å²) in [4.78, 5) is 14.6. The van der Waals surface area contributed by atoms with Crippen molar-refractivity contribution in [2.24, 2.45) is 0 Å². The van der Waals surface area contributed by atoms with Crippen molar-refractivity contribution in [1.29, 1.82) is 0 Å². The largest absolute Gasteiger partial charge is 0.356 e. The Morgan fingerprint density at radius 3 is 2.61 bits per heavy atom. The van der Waals surface area contributed by atoms with E-state index in [1.165, 1.54) is 0 Å². The molecule has 6 heteroatoms. The third-order valence-corrected chi connectivity index (χ3v) is 2.74. The van der Waals surface area contributed by atoms with Crippen LogP contribution in [-0.4, -0.2) is 21.1 Å². The van der Waals surface area contributed by atoms with Crippen LogP contribution in [0.1, 0.15) is 37.0 Å². The maximum absolute atomic E-state index is 11.8. The van der Waals surface area contributed by atoms with Gasteiger partial charge in [-0.05, 0) is 6.07 Å². The highest BCUT2D eigenvalue weighted by atomic mass is 35.5. The molecule has 18 heavy (non-hydrogen) atoms. The third-order valence-electron chi connectivity index (χ3n) is 2.52. The lowest BCUT2D eigenvalue weighted by Crippen LogP contribution is -2.12. The number of carbonyl (C=O) groups is 1. The van der Waals surface area contributed by atoms with Crippen LogP contribution in [0.15, 0.2) is 18.3 Å². The molecule has 5 nitrogen and oxygen atoms in total. The van der Waals surface area contributed by atoms with E-state index in [1.54, 1.807) is 12.3 Å². The number of anilines is 1. The fourth-order valence-electron chi connectivity index (χ4n) is 1.45. The van der Waals surface area contributed by atoms with E-state index in [1.807, 2.05) is 6.07 Å². The van der Waals surface area contributed by atoms with Crippen LogP contribution in [0, 0.1) is 0 Å². The molecule has 0 aliphatic heterocycles. The molecule has 0 atom stereocenters. The molecule has 0 bridgehead atoms. The van der Waals surface area contributed by atoms with Gasteiger partial charge in [0.05, 0.1) is 5.02 Å². The summed E-state index contributed by atoms with van der Waals surface area (Å²) < 4.78 is 0. The summed E-state index contributed by atoms with van der Waals surface area (Å²) in [5, 5.41) is 10.1. The second-order valence-electron chi connectivity index (χ2n) is 5.10. The smallest absolute Gasteiger partial charge is 0.273 e. The second kappa shape index (κ2) is 4.49. The second-order valence-corrected chi connectivity index (χ2v) is 5.54. The number of H-pyrrole nitrogens is 2. The Morgan fingerprint density at radius 1 is 1.39 bits per heavy atom. The highest BCUT2D eigenvalue weighted by molar-refractivity contribution is 6.31. The molecule has 0 aliphatic carbocycles. The number of aromatic amines is 2. The zero-order valence-electron chi connectivity index (χ0n) is 10.5. The van der Waals surface area contributed by atoms with Crippen LogP contribution in [0.25, 0.3) is 0 Å². The number of hydrogen-bond acceptors (Lipinski definition) is 2. The summed E-state index contributed by atoms with van der Waals surface area (Å²) in [6.07, 6.45) is 1.56. The first-order valence-electron chi connectivity index (χ1n) is 5.57. The fraction of sp³-hybridized carbons (Fsp3) is 0.333. The van der Waals surface area contributed by atoms with Crippen LogP contribution >= 0.6 is 11.6 Å². The Kier molecular flexibility index (Phi) is 3.17. The van der Waals surface area contributed by atoms with Gasteiger partial charge in [0.1, 0.15) is 5.69 Å². The number of aromatic nitrogens is 3. The Labute approximate surface area is 110 Å².